The first-order chi connectivity index (χ1) is 3.56. The standard InChI is InChI=1S/C2H5O2.3H2O.Ti/c3-1-2-4;;;;/h3H,1-2H2;3*1H2;/q-1;;;;+4/p-3. The van der Waals surface area contributed by atoms with Gasteiger partial charge in [0.15, 0.2) is 0 Å². The zero-order valence-corrected chi connectivity index (χ0v) is 5.67. The molecule has 6 heteroatoms. The van der Waals surface area contributed by atoms with Crippen molar-refractivity contribution >= 4 is 0 Å². The summed E-state index contributed by atoms with van der Waals surface area (Å²) in [7, 11) is 0. The molecular weight excluding hydrogens is 152 g/mol. The SMILES string of the molecule is OCC[O][Ti]([OH])([OH])[OH]. The molecule has 4 N–H and O–H groups in total. The van der Waals surface area contributed by atoms with Gasteiger partial charge in [0.2, 0.25) is 0 Å². The molecule has 0 bridgehead atoms. The Kier molecular flexibility index (Phi) is 3.75. The molecule has 0 amide bonds. The van der Waals surface area contributed by atoms with Gasteiger partial charge in [0, 0.05) is 0 Å². The Balaban J connectivity index is 3.11. The van der Waals surface area contributed by atoms with E-state index in [9.17, 15) is 0 Å². The van der Waals surface area contributed by atoms with Gasteiger partial charge in [-0.3, -0.25) is 0 Å². The summed E-state index contributed by atoms with van der Waals surface area (Å²) in [4.78, 5) is 0. The number of aliphatic hydroxyl groups excluding tert-OH is 1. The molecule has 8 heavy (non-hydrogen) atoms. The third-order valence-electron chi connectivity index (χ3n) is 0.387. The van der Waals surface area contributed by atoms with Crippen LogP contribution in [-0.4, -0.2) is 29.4 Å². The fourth-order valence-corrected chi connectivity index (χ4v) is 0.753. The van der Waals surface area contributed by atoms with Crippen molar-refractivity contribution in [3.05, 3.63) is 0 Å². The molecule has 0 spiro atoms. The summed E-state index contributed by atoms with van der Waals surface area (Å²) in [6.07, 6.45) is 0. The molecule has 0 aliphatic rings. The Morgan fingerprint density at radius 3 is 1.88 bits per heavy atom. The molecule has 0 aromatic carbocycles. The molecule has 0 aromatic rings. The van der Waals surface area contributed by atoms with Crippen LogP contribution >= 0.6 is 0 Å². The number of hydrogen-bond donors (Lipinski definition) is 4. The van der Waals surface area contributed by atoms with Gasteiger partial charge in [-0.15, -0.1) is 0 Å². The molecule has 0 heterocycles. The summed E-state index contributed by atoms with van der Waals surface area (Å²) in [6.45, 7) is -0.557. The Labute approximate surface area is 51.4 Å². The van der Waals surface area contributed by atoms with Crippen LogP contribution in [0.1, 0.15) is 0 Å². The molecule has 0 unspecified atom stereocenters. The van der Waals surface area contributed by atoms with E-state index in [4.69, 9.17) is 16.2 Å². The van der Waals surface area contributed by atoms with Gasteiger partial charge >= 0.3 is 50.8 Å². The minimum atomic E-state index is -4.77. The monoisotopic (exact) mass is 160 g/mol. The molecule has 0 fully saturated rings. The Morgan fingerprint density at radius 1 is 1.25 bits per heavy atom. The van der Waals surface area contributed by atoms with E-state index in [1.807, 2.05) is 0 Å². The molecule has 0 aliphatic carbocycles. The van der Waals surface area contributed by atoms with E-state index in [0.29, 0.717) is 0 Å². The number of aliphatic hydroxyl groups is 1. The predicted molar refractivity (Wildman–Crippen MR) is 19.7 cm³/mol. The summed E-state index contributed by atoms with van der Waals surface area (Å²) in [5.74, 6) is 0. The van der Waals surface area contributed by atoms with Gasteiger partial charge in [-0.1, -0.05) is 0 Å². The molecule has 0 aliphatic heterocycles. The second kappa shape index (κ2) is 3.52. The van der Waals surface area contributed by atoms with E-state index in [1.165, 1.54) is 0 Å². The maximum absolute atomic E-state index is 8.11. The van der Waals surface area contributed by atoms with Crippen molar-refractivity contribution in [2.24, 2.45) is 0 Å². The van der Waals surface area contributed by atoms with Crippen LogP contribution in [0.3, 0.4) is 0 Å². The fourth-order valence-electron chi connectivity index (χ4n) is 0.183. The first kappa shape index (κ1) is 8.51. The molecule has 0 rings (SSSR count). The molecule has 5 nitrogen and oxygen atoms in total. The second-order valence-corrected chi connectivity index (χ2v) is 3.39. The van der Waals surface area contributed by atoms with E-state index < -0.39 is 18.1 Å². The van der Waals surface area contributed by atoms with Gasteiger partial charge in [0.05, 0.1) is 0 Å². The van der Waals surface area contributed by atoms with Gasteiger partial charge < -0.3 is 0 Å². The number of hydrogen-bond acceptors (Lipinski definition) is 5. The van der Waals surface area contributed by atoms with Crippen molar-refractivity contribution in [1.82, 2.24) is 0 Å². The van der Waals surface area contributed by atoms with Crippen LogP contribution in [0.15, 0.2) is 0 Å². The van der Waals surface area contributed by atoms with Crippen LogP contribution in [-0.2, 0) is 21.5 Å². The Bertz CT molecular complexity index is 57.9. The van der Waals surface area contributed by atoms with Crippen LogP contribution in [0.4, 0.5) is 0 Å². The van der Waals surface area contributed by atoms with E-state index in [1.54, 1.807) is 0 Å². The Hall–Kier alpha value is 0.514. The van der Waals surface area contributed by atoms with Crippen molar-refractivity contribution in [1.29, 1.82) is 0 Å². The van der Waals surface area contributed by atoms with E-state index in [-0.39, 0.29) is 13.2 Å². The van der Waals surface area contributed by atoms with Gasteiger partial charge in [-0.25, -0.2) is 0 Å². The summed E-state index contributed by atoms with van der Waals surface area (Å²) < 4.78 is 28.3. The number of rotatable bonds is 3. The molecule has 0 saturated carbocycles. The third-order valence-corrected chi connectivity index (χ3v) is 1.31. The Morgan fingerprint density at radius 2 is 1.75 bits per heavy atom. The molecule has 0 aromatic heterocycles. The minimum absolute atomic E-state index is 0.233. The first-order valence-corrected chi connectivity index (χ1v) is 4.71. The van der Waals surface area contributed by atoms with Gasteiger partial charge in [0.25, 0.3) is 0 Å². The third kappa shape index (κ3) is 6.51. The normalized spacial score (nSPS) is 12.0. The average molecular weight is 160 g/mol. The summed E-state index contributed by atoms with van der Waals surface area (Å²) >= 11 is -4.77. The second-order valence-electron chi connectivity index (χ2n) is 1.15. The van der Waals surface area contributed by atoms with Gasteiger partial charge in [-0.05, 0) is 0 Å². The molecule has 0 radical (unpaired) electrons. The molecular formula is C2H8O5Ti. The van der Waals surface area contributed by atoms with Crippen molar-refractivity contribution in [3.63, 3.8) is 0 Å². The van der Waals surface area contributed by atoms with E-state index in [2.05, 4.69) is 3.32 Å². The topological polar surface area (TPSA) is 90.2 Å². The zero-order chi connectivity index (χ0) is 6.62. The van der Waals surface area contributed by atoms with Crippen molar-refractivity contribution in [3.8, 4) is 0 Å². The fraction of sp³-hybridized carbons (Fsp3) is 1.00. The van der Waals surface area contributed by atoms with E-state index >= 15 is 0 Å². The molecule has 0 atom stereocenters. The summed E-state index contributed by atoms with van der Waals surface area (Å²) in [5, 5.41) is 8.00. The molecule has 0 saturated heterocycles. The van der Waals surface area contributed by atoms with Gasteiger partial charge in [0.1, 0.15) is 0 Å². The van der Waals surface area contributed by atoms with Crippen LogP contribution < -0.4 is 0 Å². The average Bonchev–Trinajstić information content (AvgIpc) is 1.59. The van der Waals surface area contributed by atoms with Crippen molar-refractivity contribution in [2.45, 2.75) is 0 Å². The van der Waals surface area contributed by atoms with Crippen LogP contribution in [0.5, 0.6) is 0 Å². The zero-order valence-electron chi connectivity index (χ0n) is 4.11. The van der Waals surface area contributed by atoms with Gasteiger partial charge in [-0.2, -0.15) is 0 Å². The van der Waals surface area contributed by atoms with E-state index in [0.717, 1.165) is 0 Å². The van der Waals surface area contributed by atoms with Crippen LogP contribution in [0.2, 0.25) is 0 Å². The molecule has 50 valence electrons. The summed E-state index contributed by atoms with van der Waals surface area (Å²) in [6, 6.07) is 0. The quantitative estimate of drug-likeness (QED) is 0.351. The van der Waals surface area contributed by atoms with Crippen LogP contribution in [0, 0.1) is 0 Å². The predicted octanol–water partition coefficient (Wildman–Crippen LogP) is -2.21. The summed E-state index contributed by atoms with van der Waals surface area (Å²) in [5.41, 5.74) is 0. The first-order valence-electron chi connectivity index (χ1n) is 1.98. The van der Waals surface area contributed by atoms with Crippen molar-refractivity contribution in [2.75, 3.05) is 13.2 Å². The maximum atomic E-state index is 8.11. The van der Waals surface area contributed by atoms with Crippen molar-refractivity contribution < 1.29 is 37.6 Å². The van der Waals surface area contributed by atoms with Crippen LogP contribution in [0.25, 0.3) is 0 Å².